The van der Waals surface area contributed by atoms with Crippen molar-refractivity contribution >= 4 is 28.1 Å². The van der Waals surface area contributed by atoms with Gasteiger partial charge in [-0.15, -0.1) is 0 Å². The van der Waals surface area contributed by atoms with Crippen LogP contribution in [0.4, 0.5) is 11.4 Å². The Hall–Kier alpha value is -3.79. The third kappa shape index (κ3) is 6.02. The van der Waals surface area contributed by atoms with Gasteiger partial charge in [0.1, 0.15) is 0 Å². The average molecular weight is 507 g/mol. The lowest BCUT2D eigenvalue weighted by Crippen LogP contribution is -2.30. The molecule has 5 rings (SSSR count). The van der Waals surface area contributed by atoms with Crippen molar-refractivity contribution in [1.29, 1.82) is 0 Å². The van der Waals surface area contributed by atoms with Crippen molar-refractivity contribution < 1.29 is 9.53 Å². The lowest BCUT2D eigenvalue weighted by atomic mass is 9.88. The zero-order chi connectivity index (χ0) is 26.5. The first-order valence-corrected chi connectivity index (χ1v) is 13.7. The van der Waals surface area contributed by atoms with Crippen LogP contribution in [0.15, 0.2) is 84.9 Å². The van der Waals surface area contributed by atoms with Crippen LogP contribution < -0.4 is 9.80 Å². The second-order valence-electron chi connectivity index (χ2n) is 10.8. The fraction of sp³-hybridized carbons (Fsp3) is 0.324. The minimum absolute atomic E-state index is 0.298. The molecule has 1 aliphatic rings. The van der Waals surface area contributed by atoms with Gasteiger partial charge in [0.2, 0.25) is 0 Å². The largest absolute Gasteiger partial charge is 0.465 e. The van der Waals surface area contributed by atoms with Crippen molar-refractivity contribution in [3.05, 3.63) is 96.1 Å². The van der Waals surface area contributed by atoms with E-state index in [1.54, 1.807) is 0 Å². The van der Waals surface area contributed by atoms with Crippen LogP contribution in [0, 0.1) is 5.92 Å². The van der Waals surface area contributed by atoms with Crippen molar-refractivity contribution in [2.45, 2.75) is 38.6 Å². The van der Waals surface area contributed by atoms with Gasteiger partial charge in [-0.25, -0.2) is 4.79 Å². The Balaban J connectivity index is 1.40. The van der Waals surface area contributed by atoms with Crippen LogP contribution in [0.3, 0.4) is 0 Å². The summed E-state index contributed by atoms with van der Waals surface area (Å²) in [6.07, 6.45) is 6.64. The molecular formula is C34H38N2O2. The SMILES string of the molecule is COC(=O)c1ccc2ccc(N(Cc3ccc(-c4ccc(N(C)C)cc4)cc3)CC3CCCCC3)cc2c1. The minimum atomic E-state index is -0.298. The molecule has 1 saturated carbocycles. The van der Waals surface area contributed by atoms with Gasteiger partial charge >= 0.3 is 5.97 Å². The maximum absolute atomic E-state index is 12.1. The fourth-order valence-corrected chi connectivity index (χ4v) is 5.59. The Bertz CT molecular complexity index is 1370. The summed E-state index contributed by atoms with van der Waals surface area (Å²) in [5, 5.41) is 2.19. The number of fused-ring (bicyclic) bond motifs is 1. The summed E-state index contributed by atoms with van der Waals surface area (Å²) in [5.74, 6) is 0.420. The van der Waals surface area contributed by atoms with Crippen LogP contribution in [-0.4, -0.2) is 33.7 Å². The molecule has 196 valence electrons. The molecule has 4 nitrogen and oxygen atoms in total. The molecule has 0 atom stereocenters. The molecule has 1 fully saturated rings. The van der Waals surface area contributed by atoms with E-state index in [4.69, 9.17) is 4.74 Å². The summed E-state index contributed by atoms with van der Waals surface area (Å²) >= 11 is 0. The molecule has 0 heterocycles. The lowest BCUT2D eigenvalue weighted by Gasteiger charge is -2.32. The average Bonchev–Trinajstić information content (AvgIpc) is 2.97. The first-order valence-electron chi connectivity index (χ1n) is 13.7. The predicted molar refractivity (Wildman–Crippen MR) is 159 cm³/mol. The number of benzene rings is 4. The number of hydrogen-bond donors (Lipinski definition) is 0. The van der Waals surface area contributed by atoms with Gasteiger partial charge in [-0.2, -0.15) is 0 Å². The molecule has 1 aliphatic carbocycles. The third-order valence-corrected chi connectivity index (χ3v) is 7.86. The Morgan fingerprint density at radius 2 is 1.39 bits per heavy atom. The smallest absolute Gasteiger partial charge is 0.337 e. The molecule has 0 amide bonds. The summed E-state index contributed by atoms with van der Waals surface area (Å²) in [7, 11) is 5.56. The Kier molecular flexibility index (Phi) is 7.97. The van der Waals surface area contributed by atoms with E-state index in [9.17, 15) is 4.79 Å². The van der Waals surface area contributed by atoms with Crippen LogP contribution in [0.1, 0.15) is 48.0 Å². The molecule has 0 bridgehead atoms. The normalized spacial score (nSPS) is 13.9. The summed E-state index contributed by atoms with van der Waals surface area (Å²) in [5.41, 5.74) is 6.77. The highest BCUT2D eigenvalue weighted by atomic mass is 16.5. The van der Waals surface area contributed by atoms with Crippen LogP contribution in [0.2, 0.25) is 0 Å². The van der Waals surface area contributed by atoms with E-state index in [0.29, 0.717) is 5.56 Å². The van der Waals surface area contributed by atoms with Gasteiger partial charge in [-0.1, -0.05) is 67.8 Å². The molecule has 4 aromatic rings. The predicted octanol–water partition coefficient (Wildman–Crippen LogP) is 7.95. The Labute approximate surface area is 226 Å². The maximum atomic E-state index is 12.1. The first-order chi connectivity index (χ1) is 18.5. The molecule has 0 aromatic heterocycles. The van der Waals surface area contributed by atoms with Gasteiger partial charge < -0.3 is 14.5 Å². The molecule has 0 radical (unpaired) electrons. The van der Waals surface area contributed by atoms with E-state index in [2.05, 4.69) is 90.6 Å². The molecule has 0 unspecified atom stereocenters. The zero-order valence-electron chi connectivity index (χ0n) is 22.8. The van der Waals surface area contributed by atoms with Gasteiger partial charge in [0.25, 0.3) is 0 Å². The van der Waals surface area contributed by atoms with E-state index in [1.807, 2.05) is 18.2 Å². The second-order valence-corrected chi connectivity index (χ2v) is 10.8. The quantitative estimate of drug-likeness (QED) is 0.227. The van der Waals surface area contributed by atoms with Crippen LogP contribution in [-0.2, 0) is 11.3 Å². The molecule has 38 heavy (non-hydrogen) atoms. The van der Waals surface area contributed by atoms with Crippen molar-refractivity contribution in [3.63, 3.8) is 0 Å². The van der Waals surface area contributed by atoms with E-state index in [-0.39, 0.29) is 5.97 Å². The Morgan fingerprint density at radius 1 is 0.763 bits per heavy atom. The number of esters is 1. The van der Waals surface area contributed by atoms with Crippen LogP contribution >= 0.6 is 0 Å². The molecule has 0 saturated heterocycles. The van der Waals surface area contributed by atoms with Crippen molar-refractivity contribution in [3.8, 4) is 11.1 Å². The third-order valence-electron chi connectivity index (χ3n) is 7.86. The molecule has 0 aliphatic heterocycles. The molecule has 4 aromatic carbocycles. The van der Waals surface area contributed by atoms with E-state index in [1.165, 1.54) is 67.3 Å². The highest BCUT2D eigenvalue weighted by molar-refractivity contribution is 5.96. The highest BCUT2D eigenvalue weighted by Gasteiger charge is 2.19. The summed E-state index contributed by atoms with van der Waals surface area (Å²) in [6, 6.07) is 30.1. The summed E-state index contributed by atoms with van der Waals surface area (Å²) in [4.78, 5) is 16.8. The van der Waals surface area contributed by atoms with Crippen LogP contribution in [0.25, 0.3) is 21.9 Å². The van der Waals surface area contributed by atoms with Gasteiger partial charge in [0.05, 0.1) is 12.7 Å². The van der Waals surface area contributed by atoms with Crippen LogP contribution in [0.5, 0.6) is 0 Å². The molecule has 4 heteroatoms. The Morgan fingerprint density at radius 3 is 2.05 bits per heavy atom. The van der Waals surface area contributed by atoms with Gasteiger partial charge in [0, 0.05) is 38.6 Å². The number of carbonyl (C=O) groups excluding carboxylic acids is 1. The van der Waals surface area contributed by atoms with Crippen molar-refractivity contribution in [2.24, 2.45) is 5.92 Å². The van der Waals surface area contributed by atoms with Gasteiger partial charge in [-0.05, 0) is 82.6 Å². The number of hydrogen-bond acceptors (Lipinski definition) is 4. The maximum Gasteiger partial charge on any atom is 0.337 e. The highest BCUT2D eigenvalue weighted by Crippen LogP contribution is 2.30. The van der Waals surface area contributed by atoms with Gasteiger partial charge in [-0.3, -0.25) is 0 Å². The summed E-state index contributed by atoms with van der Waals surface area (Å²) < 4.78 is 4.95. The second kappa shape index (κ2) is 11.7. The fourth-order valence-electron chi connectivity index (χ4n) is 5.59. The van der Waals surface area contributed by atoms with E-state index in [0.717, 1.165) is 29.8 Å². The van der Waals surface area contributed by atoms with E-state index >= 15 is 0 Å². The van der Waals surface area contributed by atoms with Crippen molar-refractivity contribution in [1.82, 2.24) is 0 Å². The standard InChI is InChI=1S/C34H38N2O2/c1-35(2)32-18-15-28(16-19-32)27-11-9-26(10-12-27)24-36(23-25-7-5-4-6-8-25)33-20-17-29-13-14-30(34(37)38-3)21-31(29)22-33/h9-22,25H,4-8,23-24H2,1-3H3. The number of methoxy groups -OCH3 is 1. The minimum Gasteiger partial charge on any atom is -0.465 e. The number of carbonyl (C=O) groups is 1. The van der Waals surface area contributed by atoms with Gasteiger partial charge in [0.15, 0.2) is 0 Å². The number of ether oxygens (including phenoxy) is 1. The topological polar surface area (TPSA) is 32.8 Å². The number of nitrogens with zero attached hydrogens (tertiary/aromatic N) is 2. The molecule has 0 spiro atoms. The first kappa shape index (κ1) is 25.8. The number of anilines is 2. The lowest BCUT2D eigenvalue weighted by molar-refractivity contribution is 0.0601. The monoisotopic (exact) mass is 506 g/mol. The zero-order valence-corrected chi connectivity index (χ0v) is 22.8. The number of rotatable bonds is 8. The van der Waals surface area contributed by atoms with Crippen molar-refractivity contribution in [2.75, 3.05) is 37.5 Å². The summed E-state index contributed by atoms with van der Waals surface area (Å²) in [6.45, 7) is 1.91. The molecular weight excluding hydrogens is 468 g/mol. The molecule has 0 N–H and O–H groups in total. The van der Waals surface area contributed by atoms with E-state index < -0.39 is 0 Å².